The number of hydrogen-bond acceptors (Lipinski definition) is 6. The number of amides is 1. The van der Waals surface area contributed by atoms with E-state index in [1.54, 1.807) is 18.3 Å². The van der Waals surface area contributed by atoms with Crippen molar-refractivity contribution < 1.29 is 13.9 Å². The second-order valence-electron chi connectivity index (χ2n) is 6.20. The van der Waals surface area contributed by atoms with Crippen LogP contribution in [-0.2, 0) is 9.53 Å². The van der Waals surface area contributed by atoms with E-state index < -0.39 is 0 Å². The number of nitrogens with zero attached hydrogens (tertiary/aromatic N) is 3. The zero-order valence-corrected chi connectivity index (χ0v) is 14.0. The third-order valence-corrected chi connectivity index (χ3v) is 5.74. The number of aromatic nitrogens is 2. The maximum Gasteiger partial charge on any atom is 0.241 e. The van der Waals surface area contributed by atoms with Gasteiger partial charge >= 0.3 is 0 Å². The Morgan fingerprint density at radius 1 is 1.39 bits per heavy atom. The maximum atomic E-state index is 13.0. The lowest BCUT2D eigenvalue weighted by Crippen LogP contribution is -2.44. The van der Waals surface area contributed by atoms with Crippen LogP contribution in [0, 0.1) is 19.8 Å². The van der Waals surface area contributed by atoms with Gasteiger partial charge in [0.15, 0.2) is 0 Å². The fraction of sp³-hybridized carbons (Fsp3) is 0.562. The van der Waals surface area contributed by atoms with Crippen LogP contribution >= 0.6 is 11.3 Å². The minimum absolute atomic E-state index is 0.0805. The first kappa shape index (κ1) is 14.8. The molecule has 2 aromatic heterocycles. The van der Waals surface area contributed by atoms with Gasteiger partial charge in [0.2, 0.25) is 17.7 Å². The minimum atomic E-state index is -0.261. The van der Waals surface area contributed by atoms with Crippen LogP contribution in [0.25, 0.3) is 0 Å². The van der Waals surface area contributed by atoms with E-state index in [1.165, 1.54) is 10.4 Å². The van der Waals surface area contributed by atoms with Crippen molar-refractivity contribution in [3.05, 3.63) is 33.7 Å². The molecule has 6 nitrogen and oxygen atoms in total. The van der Waals surface area contributed by atoms with Gasteiger partial charge in [0.25, 0.3) is 0 Å². The van der Waals surface area contributed by atoms with E-state index in [1.807, 2.05) is 4.90 Å². The quantitative estimate of drug-likeness (QED) is 0.863. The molecule has 1 amide bonds. The van der Waals surface area contributed by atoms with Gasteiger partial charge in [0.1, 0.15) is 6.04 Å². The maximum absolute atomic E-state index is 13.0. The topological polar surface area (TPSA) is 68.5 Å². The molecular formula is C16H19N3O3S. The Labute approximate surface area is 138 Å². The van der Waals surface area contributed by atoms with Crippen LogP contribution < -0.4 is 0 Å². The fourth-order valence-corrected chi connectivity index (χ4v) is 4.36. The molecule has 1 saturated heterocycles. The summed E-state index contributed by atoms with van der Waals surface area (Å²) in [6.07, 6.45) is 0.938. The Balaban J connectivity index is 1.52. The molecule has 0 bridgehead atoms. The van der Waals surface area contributed by atoms with Crippen molar-refractivity contribution >= 4 is 17.2 Å². The van der Waals surface area contributed by atoms with E-state index >= 15 is 0 Å². The van der Waals surface area contributed by atoms with Gasteiger partial charge < -0.3 is 14.1 Å². The highest BCUT2D eigenvalue weighted by atomic mass is 32.1. The molecule has 2 aromatic rings. The zero-order chi connectivity index (χ0) is 16.0. The van der Waals surface area contributed by atoms with Crippen LogP contribution in [-0.4, -0.2) is 40.8 Å². The number of carbonyl (C=O) groups is 1. The van der Waals surface area contributed by atoms with Gasteiger partial charge in [-0.15, -0.1) is 21.5 Å². The van der Waals surface area contributed by atoms with Crippen LogP contribution in [0.5, 0.6) is 0 Å². The number of aryl methyl sites for hydroxylation is 2. The van der Waals surface area contributed by atoms with E-state index in [9.17, 15) is 4.79 Å². The molecule has 0 radical (unpaired) electrons. The average molecular weight is 333 g/mol. The Morgan fingerprint density at radius 2 is 2.26 bits per heavy atom. The van der Waals surface area contributed by atoms with Gasteiger partial charge in [0.05, 0.1) is 13.2 Å². The summed E-state index contributed by atoms with van der Waals surface area (Å²) in [7, 11) is 0. The van der Waals surface area contributed by atoms with Crippen molar-refractivity contribution in [2.24, 2.45) is 5.92 Å². The molecule has 4 rings (SSSR count). The van der Waals surface area contributed by atoms with E-state index in [2.05, 4.69) is 28.6 Å². The predicted molar refractivity (Wildman–Crippen MR) is 84.2 cm³/mol. The number of thiophene rings is 1. The third-order valence-electron chi connectivity index (χ3n) is 4.58. The van der Waals surface area contributed by atoms with Gasteiger partial charge in [-0.3, -0.25) is 4.79 Å². The molecule has 1 saturated carbocycles. The van der Waals surface area contributed by atoms with Crippen molar-refractivity contribution in [3.63, 3.8) is 0 Å². The molecule has 3 heterocycles. The summed E-state index contributed by atoms with van der Waals surface area (Å²) in [6.45, 7) is 5.43. The standard InChI is InChI=1S/C16H19N3O3S/c1-9-3-6-23-14(9)11-7-12(11)16(20)19-4-5-21-8-13(19)15-18-17-10(2)22-15/h3,6,11-13H,4-5,7-8H2,1-2H3/t11-,12-,13+/m1/s1. The molecule has 0 unspecified atom stereocenters. The van der Waals surface area contributed by atoms with Crippen molar-refractivity contribution in [2.45, 2.75) is 32.2 Å². The molecule has 1 aliphatic heterocycles. The second kappa shape index (κ2) is 5.72. The van der Waals surface area contributed by atoms with Gasteiger partial charge in [-0.25, -0.2) is 0 Å². The number of morpholine rings is 1. The molecule has 0 N–H and O–H groups in total. The first-order valence-electron chi connectivity index (χ1n) is 7.87. The van der Waals surface area contributed by atoms with E-state index in [-0.39, 0.29) is 17.9 Å². The lowest BCUT2D eigenvalue weighted by Gasteiger charge is -2.33. The normalized spacial score (nSPS) is 27.2. The minimum Gasteiger partial charge on any atom is -0.423 e. The molecule has 0 aromatic carbocycles. The van der Waals surface area contributed by atoms with Crippen LogP contribution in [0.2, 0.25) is 0 Å². The lowest BCUT2D eigenvalue weighted by molar-refractivity contribution is -0.142. The zero-order valence-electron chi connectivity index (χ0n) is 13.2. The van der Waals surface area contributed by atoms with Crippen LogP contribution in [0.3, 0.4) is 0 Å². The van der Waals surface area contributed by atoms with Crippen LogP contribution in [0.15, 0.2) is 15.9 Å². The van der Waals surface area contributed by atoms with Crippen LogP contribution in [0.4, 0.5) is 0 Å². The lowest BCUT2D eigenvalue weighted by atomic mass is 10.1. The highest BCUT2D eigenvalue weighted by Crippen LogP contribution is 2.51. The summed E-state index contributed by atoms with van der Waals surface area (Å²) in [5.74, 6) is 1.62. The molecule has 23 heavy (non-hydrogen) atoms. The summed E-state index contributed by atoms with van der Waals surface area (Å²) >= 11 is 1.75. The molecular weight excluding hydrogens is 314 g/mol. The number of ether oxygens (including phenoxy) is 1. The number of rotatable bonds is 3. The molecule has 2 fully saturated rings. The summed E-state index contributed by atoms with van der Waals surface area (Å²) in [4.78, 5) is 16.2. The van der Waals surface area contributed by atoms with Gasteiger partial charge in [0, 0.05) is 30.2 Å². The molecule has 1 aliphatic carbocycles. The molecule has 122 valence electrons. The first-order valence-corrected chi connectivity index (χ1v) is 8.75. The number of carbonyl (C=O) groups excluding carboxylic acids is 1. The Morgan fingerprint density at radius 3 is 2.96 bits per heavy atom. The Bertz CT molecular complexity index is 726. The third kappa shape index (κ3) is 2.68. The molecule has 0 spiro atoms. The second-order valence-corrected chi connectivity index (χ2v) is 7.15. The molecule has 3 atom stereocenters. The van der Waals surface area contributed by atoms with Crippen molar-refractivity contribution in [3.8, 4) is 0 Å². The van der Waals surface area contributed by atoms with E-state index in [0.717, 1.165) is 6.42 Å². The fourth-order valence-electron chi connectivity index (χ4n) is 3.25. The van der Waals surface area contributed by atoms with E-state index in [0.29, 0.717) is 37.5 Å². The molecule has 2 aliphatic rings. The Kier molecular flexibility index (Phi) is 3.69. The SMILES string of the molecule is Cc1nnc([C@@H]2COCCN2C(=O)[C@@H]2C[C@H]2c2sccc2C)o1. The summed E-state index contributed by atoms with van der Waals surface area (Å²) < 4.78 is 11.1. The Hall–Kier alpha value is -1.73. The predicted octanol–water partition coefficient (Wildman–Crippen LogP) is 2.45. The monoisotopic (exact) mass is 333 g/mol. The van der Waals surface area contributed by atoms with Crippen LogP contribution in [0.1, 0.15) is 40.6 Å². The van der Waals surface area contributed by atoms with Gasteiger partial charge in [-0.05, 0) is 30.4 Å². The summed E-state index contributed by atoms with van der Waals surface area (Å²) in [5.41, 5.74) is 1.29. The smallest absolute Gasteiger partial charge is 0.241 e. The largest absolute Gasteiger partial charge is 0.423 e. The van der Waals surface area contributed by atoms with E-state index in [4.69, 9.17) is 9.15 Å². The van der Waals surface area contributed by atoms with Gasteiger partial charge in [-0.2, -0.15) is 0 Å². The first-order chi connectivity index (χ1) is 11.1. The average Bonchev–Trinajstić information content (AvgIpc) is 3.04. The number of hydrogen-bond donors (Lipinski definition) is 0. The molecule has 7 heteroatoms. The van der Waals surface area contributed by atoms with Crippen molar-refractivity contribution in [1.82, 2.24) is 15.1 Å². The van der Waals surface area contributed by atoms with Gasteiger partial charge in [-0.1, -0.05) is 0 Å². The summed E-state index contributed by atoms with van der Waals surface area (Å²) in [6, 6.07) is 1.86. The highest BCUT2D eigenvalue weighted by molar-refractivity contribution is 7.10. The van der Waals surface area contributed by atoms with Crippen molar-refractivity contribution in [1.29, 1.82) is 0 Å². The highest BCUT2D eigenvalue weighted by Gasteiger charge is 2.49. The van der Waals surface area contributed by atoms with Crippen molar-refractivity contribution in [2.75, 3.05) is 19.8 Å². The summed E-state index contributed by atoms with van der Waals surface area (Å²) in [5, 5.41) is 10.1.